The molecule has 6 heteroatoms. The van der Waals surface area contributed by atoms with E-state index < -0.39 is 10.0 Å². The van der Waals surface area contributed by atoms with Gasteiger partial charge in [-0.3, -0.25) is 0 Å². The van der Waals surface area contributed by atoms with Crippen molar-refractivity contribution in [3.8, 4) is 0 Å². The molecule has 0 saturated carbocycles. The van der Waals surface area contributed by atoms with Crippen LogP contribution in [0.25, 0.3) is 0 Å². The van der Waals surface area contributed by atoms with Gasteiger partial charge in [-0.1, -0.05) is 0 Å². The number of rotatable bonds is 9. The van der Waals surface area contributed by atoms with E-state index in [0.29, 0.717) is 26.1 Å². The summed E-state index contributed by atoms with van der Waals surface area (Å²) in [6.07, 6.45) is 0.994. The Morgan fingerprint density at radius 2 is 2.07 bits per heavy atom. The smallest absolute Gasteiger partial charge is 0.211 e. The number of sulfonamides is 1. The second-order valence-corrected chi connectivity index (χ2v) is 5.30. The monoisotopic (exact) mass is 239 g/mol. The second-order valence-electron chi connectivity index (χ2n) is 3.43. The highest BCUT2D eigenvalue weighted by Gasteiger charge is 2.13. The van der Waals surface area contributed by atoms with Crippen LogP contribution in [-0.4, -0.2) is 45.1 Å². The Hall–Kier alpha value is -0.170. The first-order valence-corrected chi connectivity index (χ1v) is 6.85. The van der Waals surface area contributed by atoms with Gasteiger partial charge in [-0.15, -0.1) is 0 Å². The maximum absolute atomic E-state index is 11.4. The van der Waals surface area contributed by atoms with Gasteiger partial charge in [0.05, 0.1) is 12.4 Å². The van der Waals surface area contributed by atoms with Crippen LogP contribution < -0.4 is 4.72 Å². The minimum atomic E-state index is -3.22. The molecule has 0 saturated heterocycles. The van der Waals surface area contributed by atoms with E-state index in [0.717, 1.165) is 0 Å². The Labute approximate surface area is 91.9 Å². The van der Waals surface area contributed by atoms with Crippen LogP contribution in [0.15, 0.2) is 0 Å². The molecule has 0 aromatic carbocycles. The first-order chi connectivity index (χ1) is 7.02. The van der Waals surface area contributed by atoms with Crippen molar-refractivity contribution in [3.63, 3.8) is 0 Å². The Balaban J connectivity index is 3.81. The first-order valence-electron chi connectivity index (χ1n) is 5.20. The fraction of sp³-hybridized carbons (Fsp3) is 1.00. The molecular weight excluding hydrogens is 218 g/mol. The van der Waals surface area contributed by atoms with Crippen molar-refractivity contribution in [3.05, 3.63) is 0 Å². The van der Waals surface area contributed by atoms with E-state index in [1.54, 1.807) is 6.92 Å². The summed E-state index contributed by atoms with van der Waals surface area (Å²) in [5, 5.41) is 8.53. The fourth-order valence-corrected chi connectivity index (χ4v) is 2.48. The van der Waals surface area contributed by atoms with Crippen LogP contribution in [0.4, 0.5) is 0 Å². The average molecular weight is 239 g/mol. The Bertz CT molecular complexity index is 240. The highest BCUT2D eigenvalue weighted by molar-refractivity contribution is 7.89. The summed E-state index contributed by atoms with van der Waals surface area (Å²) < 4.78 is 30.5. The summed E-state index contributed by atoms with van der Waals surface area (Å²) in [7, 11) is -3.22. The molecule has 1 unspecified atom stereocenters. The van der Waals surface area contributed by atoms with E-state index in [9.17, 15) is 8.42 Å². The van der Waals surface area contributed by atoms with Gasteiger partial charge in [-0.05, 0) is 26.7 Å². The third kappa shape index (κ3) is 8.80. The quantitative estimate of drug-likeness (QED) is 0.560. The van der Waals surface area contributed by atoms with Crippen LogP contribution in [0.1, 0.15) is 26.7 Å². The van der Waals surface area contributed by atoms with Crippen LogP contribution in [0.5, 0.6) is 0 Å². The summed E-state index contributed by atoms with van der Waals surface area (Å²) >= 11 is 0. The predicted octanol–water partition coefficient (Wildman–Crippen LogP) is 0.103. The van der Waals surface area contributed by atoms with Crippen molar-refractivity contribution in [1.82, 2.24) is 4.72 Å². The predicted molar refractivity (Wildman–Crippen MR) is 59.2 cm³/mol. The van der Waals surface area contributed by atoms with Crippen LogP contribution in [0.2, 0.25) is 0 Å². The molecule has 0 fully saturated rings. The number of hydrogen-bond donors (Lipinski definition) is 2. The van der Waals surface area contributed by atoms with Gasteiger partial charge >= 0.3 is 0 Å². The lowest BCUT2D eigenvalue weighted by Crippen LogP contribution is -2.37. The molecule has 0 rings (SSSR count). The number of aliphatic hydroxyl groups excluding tert-OH is 1. The van der Waals surface area contributed by atoms with E-state index in [2.05, 4.69) is 4.72 Å². The van der Waals surface area contributed by atoms with Crippen molar-refractivity contribution in [2.24, 2.45) is 0 Å². The van der Waals surface area contributed by atoms with Crippen LogP contribution in [0.3, 0.4) is 0 Å². The van der Waals surface area contributed by atoms with E-state index in [-0.39, 0.29) is 18.4 Å². The van der Waals surface area contributed by atoms with Crippen molar-refractivity contribution < 1.29 is 18.3 Å². The number of nitrogens with one attached hydrogen (secondary N) is 1. The number of hydrogen-bond acceptors (Lipinski definition) is 4. The van der Waals surface area contributed by atoms with E-state index >= 15 is 0 Å². The summed E-state index contributed by atoms with van der Waals surface area (Å²) in [6, 6.07) is -0.205. The highest BCUT2D eigenvalue weighted by atomic mass is 32.2. The number of ether oxygens (including phenoxy) is 1. The Morgan fingerprint density at radius 3 is 2.60 bits per heavy atom. The minimum absolute atomic E-state index is 0.0318. The normalized spacial score (nSPS) is 14.1. The second kappa shape index (κ2) is 8.04. The van der Waals surface area contributed by atoms with Gasteiger partial charge in [0.1, 0.15) is 0 Å². The lowest BCUT2D eigenvalue weighted by molar-refractivity contribution is 0.133. The molecule has 5 nitrogen and oxygen atoms in total. The van der Waals surface area contributed by atoms with Crippen LogP contribution >= 0.6 is 0 Å². The third-order valence-corrected chi connectivity index (χ3v) is 3.36. The number of unbranched alkanes of at least 4 members (excludes halogenated alkanes) is 1. The van der Waals surface area contributed by atoms with Crippen molar-refractivity contribution in [2.45, 2.75) is 32.7 Å². The van der Waals surface area contributed by atoms with Gasteiger partial charge in [0.15, 0.2) is 0 Å². The lowest BCUT2D eigenvalue weighted by atomic mass is 10.4. The molecule has 0 spiro atoms. The summed E-state index contributed by atoms with van der Waals surface area (Å²) in [6.45, 7) is 4.62. The fourth-order valence-electron chi connectivity index (χ4n) is 1.10. The Kier molecular flexibility index (Phi) is 7.95. The van der Waals surface area contributed by atoms with E-state index in [1.807, 2.05) is 6.92 Å². The molecule has 0 aliphatic heterocycles. The van der Waals surface area contributed by atoms with Gasteiger partial charge in [-0.2, -0.15) is 0 Å². The molecule has 2 N–H and O–H groups in total. The zero-order valence-electron chi connectivity index (χ0n) is 9.40. The zero-order valence-corrected chi connectivity index (χ0v) is 10.2. The maximum atomic E-state index is 11.4. The van der Waals surface area contributed by atoms with Crippen molar-refractivity contribution in [2.75, 3.05) is 25.6 Å². The molecule has 1 atom stereocenters. The van der Waals surface area contributed by atoms with Gasteiger partial charge < -0.3 is 9.84 Å². The number of aliphatic hydroxyl groups is 1. The van der Waals surface area contributed by atoms with Crippen LogP contribution in [-0.2, 0) is 14.8 Å². The van der Waals surface area contributed by atoms with Gasteiger partial charge in [0.2, 0.25) is 10.0 Å². The largest absolute Gasteiger partial charge is 0.396 e. The molecule has 0 aliphatic carbocycles. The van der Waals surface area contributed by atoms with Crippen molar-refractivity contribution in [1.29, 1.82) is 0 Å². The van der Waals surface area contributed by atoms with Gasteiger partial charge in [0, 0.05) is 19.3 Å². The SMILES string of the molecule is CCOCC(C)NS(=O)(=O)CCCCO. The summed E-state index contributed by atoms with van der Waals surface area (Å²) in [5.41, 5.74) is 0. The molecule has 0 heterocycles. The minimum Gasteiger partial charge on any atom is -0.396 e. The standard InChI is InChI=1S/C9H21NO4S/c1-3-14-8-9(2)10-15(12,13)7-5-4-6-11/h9-11H,3-8H2,1-2H3. The van der Waals surface area contributed by atoms with Gasteiger partial charge in [-0.25, -0.2) is 13.1 Å². The molecule has 0 aromatic heterocycles. The third-order valence-electron chi connectivity index (χ3n) is 1.77. The molecule has 0 amide bonds. The maximum Gasteiger partial charge on any atom is 0.211 e. The topological polar surface area (TPSA) is 75.6 Å². The Morgan fingerprint density at radius 1 is 1.40 bits per heavy atom. The van der Waals surface area contributed by atoms with Crippen molar-refractivity contribution >= 4 is 10.0 Å². The van der Waals surface area contributed by atoms with E-state index in [1.165, 1.54) is 0 Å². The van der Waals surface area contributed by atoms with E-state index in [4.69, 9.17) is 9.84 Å². The molecule has 15 heavy (non-hydrogen) atoms. The van der Waals surface area contributed by atoms with Crippen LogP contribution in [0, 0.1) is 0 Å². The molecular formula is C9H21NO4S. The molecule has 0 bridgehead atoms. The summed E-state index contributed by atoms with van der Waals surface area (Å²) in [5.74, 6) is 0.0595. The highest BCUT2D eigenvalue weighted by Crippen LogP contribution is 1.96. The lowest BCUT2D eigenvalue weighted by Gasteiger charge is -2.13. The molecule has 0 aliphatic rings. The first kappa shape index (κ1) is 14.8. The molecule has 92 valence electrons. The van der Waals surface area contributed by atoms with Gasteiger partial charge in [0.25, 0.3) is 0 Å². The molecule has 0 aromatic rings. The summed E-state index contributed by atoms with van der Waals surface area (Å²) in [4.78, 5) is 0. The molecule has 0 radical (unpaired) electrons. The zero-order chi connectivity index (χ0) is 11.7. The average Bonchev–Trinajstić information content (AvgIpc) is 2.14.